The number of nitrogens with zero attached hydrogens (tertiary/aromatic N) is 2. The molecule has 0 spiro atoms. The second-order valence-corrected chi connectivity index (χ2v) is 7.33. The van der Waals surface area contributed by atoms with E-state index >= 15 is 0 Å². The third kappa shape index (κ3) is 4.34. The molecule has 3 N–H and O–H groups in total. The number of amides is 1. The van der Waals surface area contributed by atoms with Crippen molar-refractivity contribution in [3.63, 3.8) is 0 Å². The van der Waals surface area contributed by atoms with Crippen LogP contribution < -0.4 is 5.73 Å². The number of rotatable bonds is 6. The highest BCUT2D eigenvalue weighted by Crippen LogP contribution is 2.25. The zero-order valence-electron chi connectivity index (χ0n) is 16.2. The Labute approximate surface area is 178 Å². The van der Waals surface area contributed by atoms with E-state index in [0.717, 1.165) is 16.9 Å². The number of nitrogens with one attached hydrogen (secondary N) is 1. The first-order chi connectivity index (χ1) is 14.5. The quantitative estimate of drug-likeness (QED) is 0.427. The minimum absolute atomic E-state index is 0.216. The summed E-state index contributed by atoms with van der Waals surface area (Å²) in [4.78, 5) is 16.3. The minimum Gasteiger partial charge on any atom is -0.455 e. The number of aromatic nitrogens is 2. The van der Waals surface area contributed by atoms with E-state index < -0.39 is 5.91 Å². The molecule has 0 radical (unpaired) electrons. The molecule has 2 heterocycles. The molecule has 0 bridgehead atoms. The number of aromatic amines is 1. The van der Waals surface area contributed by atoms with Crippen molar-refractivity contribution in [3.8, 4) is 11.3 Å². The summed E-state index contributed by atoms with van der Waals surface area (Å²) < 4.78 is 5.83. The van der Waals surface area contributed by atoms with Crippen LogP contribution in [0.2, 0.25) is 5.02 Å². The van der Waals surface area contributed by atoms with Gasteiger partial charge in [0.15, 0.2) is 5.82 Å². The Morgan fingerprint density at radius 1 is 1.20 bits per heavy atom. The van der Waals surface area contributed by atoms with Crippen LogP contribution in [0.1, 0.15) is 32.9 Å². The van der Waals surface area contributed by atoms with Crippen LogP contribution in [0.25, 0.3) is 11.3 Å². The molecule has 0 aliphatic rings. The number of nitrogens with two attached hydrogens (primary N) is 1. The average molecular weight is 419 g/mol. The lowest BCUT2D eigenvalue weighted by Crippen LogP contribution is -2.13. The fourth-order valence-corrected chi connectivity index (χ4v) is 3.33. The van der Waals surface area contributed by atoms with E-state index in [9.17, 15) is 4.79 Å². The molecule has 4 aromatic rings. The van der Waals surface area contributed by atoms with Crippen LogP contribution in [0.3, 0.4) is 0 Å². The van der Waals surface area contributed by atoms with Gasteiger partial charge in [-0.05, 0) is 36.8 Å². The summed E-state index contributed by atoms with van der Waals surface area (Å²) in [6, 6.07) is 19.1. The largest absolute Gasteiger partial charge is 0.455 e. The summed E-state index contributed by atoms with van der Waals surface area (Å²) in [5.74, 6) is 0.885. The van der Waals surface area contributed by atoms with E-state index in [0.29, 0.717) is 22.9 Å². The molecule has 7 heteroatoms. The van der Waals surface area contributed by atoms with Gasteiger partial charge in [0.25, 0.3) is 5.91 Å². The van der Waals surface area contributed by atoms with E-state index in [1.165, 1.54) is 11.8 Å². The number of hydrogen-bond donors (Lipinski definition) is 2. The van der Waals surface area contributed by atoms with Crippen molar-refractivity contribution in [1.29, 1.82) is 0 Å². The number of aryl methyl sites for hydroxylation is 1. The van der Waals surface area contributed by atoms with Gasteiger partial charge in [0.2, 0.25) is 0 Å². The van der Waals surface area contributed by atoms with Crippen LogP contribution in [-0.2, 0) is 6.42 Å². The summed E-state index contributed by atoms with van der Waals surface area (Å²) in [6.45, 7) is 2.03. The highest BCUT2D eigenvalue weighted by Gasteiger charge is 2.18. The molecule has 2 aromatic heterocycles. The fraction of sp³-hybridized carbons (Fsp3) is 0.0870. The number of carbonyl (C=O) groups excluding carboxylic acids is 1. The second kappa shape index (κ2) is 8.39. The average Bonchev–Trinajstić information content (AvgIpc) is 3.34. The standard InChI is InChI=1S/C23H19ClN4O2/c1-14-5-7-16(8-6-14)20-10-9-18(30-20)13-26-23-21(22(25)29)19(27-28-23)12-15-3-2-4-17(24)11-15/h2-11,13H,12H2,1H3,(H2,25,29)(H,27,28). The van der Waals surface area contributed by atoms with Crippen molar-refractivity contribution >= 4 is 29.5 Å². The Morgan fingerprint density at radius 3 is 2.73 bits per heavy atom. The van der Waals surface area contributed by atoms with Gasteiger partial charge >= 0.3 is 0 Å². The molecule has 30 heavy (non-hydrogen) atoms. The van der Waals surface area contributed by atoms with Crippen molar-refractivity contribution in [2.75, 3.05) is 0 Å². The van der Waals surface area contributed by atoms with Gasteiger partial charge in [0.1, 0.15) is 17.1 Å². The van der Waals surface area contributed by atoms with Gasteiger partial charge in [0, 0.05) is 17.0 Å². The van der Waals surface area contributed by atoms with Crippen LogP contribution in [0.4, 0.5) is 5.82 Å². The number of H-pyrrole nitrogens is 1. The van der Waals surface area contributed by atoms with Gasteiger partial charge in [-0.25, -0.2) is 4.99 Å². The number of halogens is 1. The first-order valence-corrected chi connectivity index (χ1v) is 9.70. The van der Waals surface area contributed by atoms with Crippen molar-refractivity contribution in [1.82, 2.24) is 10.2 Å². The number of carbonyl (C=O) groups is 1. The zero-order valence-corrected chi connectivity index (χ0v) is 17.0. The van der Waals surface area contributed by atoms with Crippen LogP contribution in [0.15, 0.2) is 70.1 Å². The molecular weight excluding hydrogens is 400 g/mol. The number of hydrogen-bond acceptors (Lipinski definition) is 4. The second-order valence-electron chi connectivity index (χ2n) is 6.90. The summed E-state index contributed by atoms with van der Waals surface area (Å²) >= 11 is 6.04. The number of primary amides is 1. The first-order valence-electron chi connectivity index (χ1n) is 9.32. The van der Waals surface area contributed by atoms with Crippen LogP contribution in [0.5, 0.6) is 0 Å². The van der Waals surface area contributed by atoms with Crippen molar-refractivity contribution in [3.05, 3.63) is 93.8 Å². The van der Waals surface area contributed by atoms with Gasteiger partial charge in [-0.15, -0.1) is 0 Å². The van der Waals surface area contributed by atoms with E-state index in [1.54, 1.807) is 6.07 Å². The fourth-order valence-electron chi connectivity index (χ4n) is 3.12. The Hall–Kier alpha value is -3.64. The molecule has 6 nitrogen and oxygen atoms in total. The lowest BCUT2D eigenvalue weighted by Gasteiger charge is -2.02. The van der Waals surface area contributed by atoms with Gasteiger partial charge in [0.05, 0.1) is 11.9 Å². The summed E-state index contributed by atoms with van der Waals surface area (Å²) in [6.07, 6.45) is 1.95. The molecule has 0 aliphatic carbocycles. The predicted octanol–water partition coefficient (Wildman–Crippen LogP) is 5.07. The normalized spacial score (nSPS) is 11.3. The molecule has 2 aromatic carbocycles. The maximum absolute atomic E-state index is 12.0. The molecule has 0 atom stereocenters. The van der Waals surface area contributed by atoms with Crippen LogP contribution in [-0.4, -0.2) is 22.3 Å². The van der Waals surface area contributed by atoms with Crippen molar-refractivity contribution in [2.24, 2.45) is 10.7 Å². The minimum atomic E-state index is -0.604. The molecular formula is C23H19ClN4O2. The van der Waals surface area contributed by atoms with Crippen molar-refractivity contribution < 1.29 is 9.21 Å². The predicted molar refractivity (Wildman–Crippen MR) is 117 cm³/mol. The molecule has 0 aliphatic heterocycles. The number of aliphatic imine (C=N–C) groups is 1. The van der Waals surface area contributed by atoms with E-state index in [4.69, 9.17) is 21.8 Å². The Balaban J connectivity index is 1.57. The smallest absolute Gasteiger partial charge is 0.254 e. The molecule has 0 fully saturated rings. The van der Waals surface area contributed by atoms with Gasteiger partial charge in [-0.2, -0.15) is 5.10 Å². The van der Waals surface area contributed by atoms with E-state index in [1.807, 2.05) is 61.5 Å². The molecule has 4 rings (SSSR count). The van der Waals surface area contributed by atoms with E-state index in [-0.39, 0.29) is 11.4 Å². The topological polar surface area (TPSA) is 97.3 Å². The van der Waals surface area contributed by atoms with Gasteiger partial charge in [-0.3, -0.25) is 9.89 Å². The third-order valence-electron chi connectivity index (χ3n) is 4.62. The summed E-state index contributed by atoms with van der Waals surface area (Å²) in [7, 11) is 0. The third-order valence-corrected chi connectivity index (χ3v) is 4.85. The highest BCUT2D eigenvalue weighted by atomic mass is 35.5. The SMILES string of the molecule is Cc1ccc(-c2ccc(C=Nc3n[nH]c(Cc4cccc(Cl)c4)c3C(N)=O)o2)cc1. The number of benzene rings is 2. The van der Waals surface area contributed by atoms with E-state index in [2.05, 4.69) is 15.2 Å². The lowest BCUT2D eigenvalue weighted by atomic mass is 10.1. The monoisotopic (exact) mass is 418 g/mol. The molecule has 0 saturated heterocycles. The number of furan rings is 1. The summed E-state index contributed by atoms with van der Waals surface area (Å²) in [5, 5.41) is 7.62. The lowest BCUT2D eigenvalue weighted by molar-refractivity contribution is 0.100. The zero-order chi connectivity index (χ0) is 21.1. The molecule has 1 amide bonds. The summed E-state index contributed by atoms with van der Waals surface area (Å²) in [5.41, 5.74) is 9.49. The first kappa shape index (κ1) is 19.7. The van der Waals surface area contributed by atoms with Crippen LogP contribution >= 0.6 is 11.6 Å². The highest BCUT2D eigenvalue weighted by molar-refractivity contribution is 6.30. The van der Waals surface area contributed by atoms with Gasteiger partial charge < -0.3 is 10.2 Å². The Bertz CT molecular complexity index is 1220. The Kier molecular flexibility index (Phi) is 5.50. The molecule has 150 valence electrons. The maximum Gasteiger partial charge on any atom is 0.254 e. The van der Waals surface area contributed by atoms with Crippen LogP contribution in [0, 0.1) is 6.92 Å². The molecule has 0 saturated carbocycles. The Morgan fingerprint density at radius 2 is 2.00 bits per heavy atom. The van der Waals surface area contributed by atoms with Crippen molar-refractivity contribution in [2.45, 2.75) is 13.3 Å². The van der Waals surface area contributed by atoms with Gasteiger partial charge in [-0.1, -0.05) is 53.6 Å². The molecule has 0 unspecified atom stereocenters. The maximum atomic E-state index is 12.0.